The second-order valence-corrected chi connectivity index (χ2v) is 5.07. The van der Waals surface area contributed by atoms with Crippen LogP contribution in [0.4, 0.5) is 0 Å². The van der Waals surface area contributed by atoms with Crippen LogP contribution in [0.1, 0.15) is 29.8 Å². The average Bonchev–Trinajstić information content (AvgIpc) is 2.77. The zero-order valence-corrected chi connectivity index (χ0v) is 11.4. The van der Waals surface area contributed by atoms with Gasteiger partial charge in [0.2, 0.25) is 0 Å². The van der Waals surface area contributed by atoms with Crippen LogP contribution in [0.2, 0.25) is 0 Å². The Morgan fingerprint density at radius 3 is 2.95 bits per heavy atom. The van der Waals surface area contributed by atoms with Crippen molar-refractivity contribution in [3.05, 3.63) is 41.2 Å². The Hall–Kier alpha value is -1.75. The largest absolute Gasteiger partial charge is 0.313 e. The fourth-order valence-corrected chi connectivity index (χ4v) is 2.88. The molecule has 1 N–H and O–H groups in total. The lowest BCUT2D eigenvalue weighted by molar-refractivity contribution is 0.398. The van der Waals surface area contributed by atoms with E-state index in [4.69, 9.17) is 0 Å². The second-order valence-electron chi connectivity index (χ2n) is 5.07. The molecule has 0 bridgehead atoms. The van der Waals surface area contributed by atoms with Crippen molar-refractivity contribution < 1.29 is 0 Å². The predicted octanol–water partition coefficient (Wildman–Crippen LogP) is 1.07. The Morgan fingerprint density at radius 2 is 2.26 bits per heavy atom. The van der Waals surface area contributed by atoms with E-state index in [1.807, 2.05) is 0 Å². The lowest BCUT2D eigenvalue weighted by Gasteiger charge is -2.36. The summed E-state index contributed by atoms with van der Waals surface area (Å²) < 4.78 is 0. The molecule has 0 fully saturated rings. The quantitative estimate of drug-likeness (QED) is 0.870. The molecule has 0 radical (unpaired) electrons. The van der Waals surface area contributed by atoms with Crippen molar-refractivity contribution in [1.29, 1.82) is 0 Å². The number of tetrazole rings is 1. The van der Waals surface area contributed by atoms with Gasteiger partial charge in [0.15, 0.2) is 5.82 Å². The van der Waals surface area contributed by atoms with Gasteiger partial charge in [-0.05, 0) is 29.3 Å². The van der Waals surface area contributed by atoms with E-state index in [1.165, 1.54) is 15.9 Å². The van der Waals surface area contributed by atoms with Crippen molar-refractivity contribution in [3.63, 3.8) is 0 Å². The molecule has 19 heavy (non-hydrogen) atoms. The van der Waals surface area contributed by atoms with E-state index in [2.05, 4.69) is 51.9 Å². The van der Waals surface area contributed by atoms with Gasteiger partial charge in [-0.3, -0.25) is 0 Å². The van der Waals surface area contributed by atoms with E-state index in [0.717, 1.165) is 25.2 Å². The van der Waals surface area contributed by atoms with Crippen LogP contribution in [-0.4, -0.2) is 32.8 Å². The normalized spacial score (nSPS) is 18.7. The van der Waals surface area contributed by atoms with Crippen LogP contribution < -0.4 is 5.32 Å². The van der Waals surface area contributed by atoms with Crippen LogP contribution in [0.5, 0.6) is 0 Å². The molecule has 2 unspecified atom stereocenters. The molecule has 0 saturated heterocycles. The van der Waals surface area contributed by atoms with E-state index in [1.54, 1.807) is 7.05 Å². The van der Waals surface area contributed by atoms with E-state index < -0.39 is 0 Å². The summed E-state index contributed by atoms with van der Waals surface area (Å²) in [7, 11) is 1.80. The van der Waals surface area contributed by atoms with Crippen molar-refractivity contribution in [2.75, 3.05) is 6.54 Å². The number of fused-ring (bicyclic) bond motifs is 1. The van der Waals surface area contributed by atoms with Gasteiger partial charge in [0.05, 0.1) is 7.05 Å². The van der Waals surface area contributed by atoms with Crippen LogP contribution in [0, 0.1) is 0 Å². The van der Waals surface area contributed by atoms with Crippen molar-refractivity contribution in [3.8, 4) is 0 Å². The van der Waals surface area contributed by atoms with Gasteiger partial charge in [-0.2, -0.15) is 4.80 Å². The van der Waals surface area contributed by atoms with Gasteiger partial charge in [0.25, 0.3) is 0 Å². The van der Waals surface area contributed by atoms with Crippen molar-refractivity contribution >= 4 is 0 Å². The van der Waals surface area contributed by atoms with E-state index in [0.29, 0.717) is 12.0 Å². The number of rotatable bonds is 5. The molecule has 0 amide bonds. The predicted molar refractivity (Wildman–Crippen MR) is 72.9 cm³/mol. The Morgan fingerprint density at radius 1 is 1.42 bits per heavy atom. The highest BCUT2D eigenvalue weighted by molar-refractivity contribution is 5.41. The number of benzene rings is 1. The molecule has 0 spiro atoms. The standard InChI is InChI=1S/C14H19N5/c1-3-15-13(9-14-16-18-19(2)17-14)12-8-10-6-4-5-7-11(10)12/h4-7,12-13,15H,3,8-9H2,1-2H3. The summed E-state index contributed by atoms with van der Waals surface area (Å²) in [4.78, 5) is 1.52. The summed E-state index contributed by atoms with van der Waals surface area (Å²) in [6.07, 6.45) is 1.98. The van der Waals surface area contributed by atoms with E-state index >= 15 is 0 Å². The van der Waals surface area contributed by atoms with Gasteiger partial charge in [0, 0.05) is 18.4 Å². The lowest BCUT2D eigenvalue weighted by Crippen LogP contribution is -2.41. The summed E-state index contributed by atoms with van der Waals surface area (Å²) >= 11 is 0. The molecule has 5 heteroatoms. The molecule has 1 heterocycles. The van der Waals surface area contributed by atoms with Crippen LogP contribution >= 0.6 is 0 Å². The van der Waals surface area contributed by atoms with Crippen molar-refractivity contribution in [2.24, 2.45) is 7.05 Å². The molecule has 3 rings (SSSR count). The van der Waals surface area contributed by atoms with Crippen LogP contribution in [-0.2, 0) is 19.9 Å². The zero-order valence-electron chi connectivity index (χ0n) is 11.4. The summed E-state index contributed by atoms with van der Waals surface area (Å²) in [5, 5.41) is 15.9. The summed E-state index contributed by atoms with van der Waals surface area (Å²) in [6.45, 7) is 3.10. The first-order valence-corrected chi connectivity index (χ1v) is 6.82. The number of likely N-dealkylation sites (N-methyl/N-ethyl adjacent to an activating group) is 1. The minimum Gasteiger partial charge on any atom is -0.313 e. The van der Waals surface area contributed by atoms with Gasteiger partial charge in [0.1, 0.15) is 0 Å². The van der Waals surface area contributed by atoms with Gasteiger partial charge < -0.3 is 5.32 Å². The molecule has 1 aromatic carbocycles. The van der Waals surface area contributed by atoms with Gasteiger partial charge in [-0.25, -0.2) is 0 Å². The zero-order chi connectivity index (χ0) is 13.2. The topological polar surface area (TPSA) is 55.6 Å². The highest BCUT2D eigenvalue weighted by Crippen LogP contribution is 2.37. The number of nitrogens with zero attached hydrogens (tertiary/aromatic N) is 4. The van der Waals surface area contributed by atoms with Crippen molar-refractivity contribution in [2.45, 2.75) is 31.7 Å². The first-order chi connectivity index (χ1) is 9.28. The average molecular weight is 257 g/mol. The third-order valence-corrected chi connectivity index (χ3v) is 3.80. The Labute approximate surface area is 113 Å². The maximum atomic E-state index is 4.28. The smallest absolute Gasteiger partial charge is 0.176 e. The van der Waals surface area contributed by atoms with Crippen LogP contribution in [0.25, 0.3) is 0 Å². The summed E-state index contributed by atoms with van der Waals surface area (Å²) in [6, 6.07) is 9.08. The lowest BCUT2D eigenvalue weighted by atomic mass is 9.72. The minimum atomic E-state index is 0.393. The minimum absolute atomic E-state index is 0.393. The molecular weight excluding hydrogens is 238 g/mol. The first kappa shape index (κ1) is 12.3. The molecular formula is C14H19N5. The number of hydrogen-bond acceptors (Lipinski definition) is 4. The maximum Gasteiger partial charge on any atom is 0.176 e. The van der Waals surface area contributed by atoms with Gasteiger partial charge in [-0.1, -0.05) is 31.2 Å². The SMILES string of the molecule is CCNC(Cc1nnn(C)n1)C1Cc2ccccc21. The van der Waals surface area contributed by atoms with Crippen LogP contribution in [0.3, 0.4) is 0 Å². The highest BCUT2D eigenvalue weighted by Gasteiger charge is 2.32. The van der Waals surface area contributed by atoms with Gasteiger partial charge >= 0.3 is 0 Å². The molecule has 0 aliphatic heterocycles. The fraction of sp³-hybridized carbons (Fsp3) is 0.500. The number of nitrogens with one attached hydrogen (secondary N) is 1. The molecule has 1 aliphatic carbocycles. The van der Waals surface area contributed by atoms with E-state index in [9.17, 15) is 0 Å². The fourth-order valence-electron chi connectivity index (χ4n) is 2.88. The Balaban J connectivity index is 1.76. The molecule has 2 aromatic rings. The third-order valence-electron chi connectivity index (χ3n) is 3.80. The number of aryl methyl sites for hydroxylation is 1. The van der Waals surface area contributed by atoms with E-state index in [-0.39, 0.29) is 0 Å². The number of hydrogen-bond donors (Lipinski definition) is 1. The summed E-state index contributed by atoms with van der Waals surface area (Å²) in [5.41, 5.74) is 2.94. The molecule has 5 nitrogen and oxygen atoms in total. The van der Waals surface area contributed by atoms with Crippen molar-refractivity contribution in [1.82, 2.24) is 25.5 Å². The molecule has 1 aromatic heterocycles. The highest BCUT2D eigenvalue weighted by atomic mass is 15.6. The number of aromatic nitrogens is 4. The molecule has 1 aliphatic rings. The third kappa shape index (κ3) is 2.38. The molecule has 100 valence electrons. The molecule has 0 saturated carbocycles. The Bertz CT molecular complexity index is 562. The second kappa shape index (κ2) is 5.09. The first-order valence-electron chi connectivity index (χ1n) is 6.82. The monoisotopic (exact) mass is 257 g/mol. The Kier molecular flexibility index (Phi) is 3.29. The summed E-state index contributed by atoms with van der Waals surface area (Å²) in [5.74, 6) is 1.39. The molecule has 2 atom stereocenters. The maximum absolute atomic E-state index is 4.28. The van der Waals surface area contributed by atoms with Crippen LogP contribution in [0.15, 0.2) is 24.3 Å². The van der Waals surface area contributed by atoms with Gasteiger partial charge in [-0.15, -0.1) is 10.2 Å².